The molecule has 1 aliphatic rings. The van der Waals surface area contributed by atoms with Gasteiger partial charge in [0.2, 0.25) is 0 Å². The van der Waals surface area contributed by atoms with Crippen LogP contribution in [0.25, 0.3) is 0 Å². The van der Waals surface area contributed by atoms with Gasteiger partial charge in [0, 0.05) is 10.6 Å². The molecule has 2 aromatic rings. The SMILES string of the molecule is CC(C)OC(=O)c1c(NC(=S)Nc2ccccc2)sc2c1C(C)CCC2. The van der Waals surface area contributed by atoms with Crippen molar-refractivity contribution in [1.29, 1.82) is 0 Å². The number of fused-ring (bicyclic) bond motifs is 1. The molecule has 1 aliphatic carbocycles. The first kappa shape index (κ1) is 18.9. The van der Waals surface area contributed by atoms with Gasteiger partial charge >= 0.3 is 5.97 Å². The highest BCUT2D eigenvalue weighted by Crippen LogP contribution is 2.43. The van der Waals surface area contributed by atoms with Gasteiger partial charge in [0.15, 0.2) is 5.11 Å². The molecule has 0 bridgehead atoms. The summed E-state index contributed by atoms with van der Waals surface area (Å²) in [6.45, 7) is 5.92. The van der Waals surface area contributed by atoms with Gasteiger partial charge in [-0.3, -0.25) is 0 Å². The maximum absolute atomic E-state index is 12.8. The number of ether oxygens (including phenoxy) is 1. The molecule has 1 aromatic heterocycles. The molecular weight excluding hydrogens is 364 g/mol. The molecule has 0 saturated heterocycles. The Hall–Kier alpha value is -1.92. The predicted octanol–water partition coefficient (Wildman–Crippen LogP) is 5.56. The third-order valence-corrected chi connectivity index (χ3v) is 5.75. The van der Waals surface area contributed by atoms with Crippen LogP contribution >= 0.6 is 23.6 Å². The number of carbonyl (C=O) groups is 1. The lowest BCUT2D eigenvalue weighted by Crippen LogP contribution is -2.21. The smallest absolute Gasteiger partial charge is 0.341 e. The zero-order chi connectivity index (χ0) is 18.7. The number of carbonyl (C=O) groups excluding carboxylic acids is 1. The number of aryl methyl sites for hydroxylation is 1. The van der Waals surface area contributed by atoms with Gasteiger partial charge in [0.1, 0.15) is 5.00 Å². The predicted molar refractivity (Wildman–Crippen MR) is 113 cm³/mol. The van der Waals surface area contributed by atoms with Crippen LogP contribution < -0.4 is 10.6 Å². The van der Waals surface area contributed by atoms with Crippen LogP contribution in [0.15, 0.2) is 30.3 Å². The number of para-hydroxylation sites is 1. The van der Waals surface area contributed by atoms with E-state index in [9.17, 15) is 4.79 Å². The van der Waals surface area contributed by atoms with E-state index in [1.807, 2.05) is 44.2 Å². The number of anilines is 2. The zero-order valence-electron chi connectivity index (χ0n) is 15.3. The van der Waals surface area contributed by atoms with Crippen molar-refractivity contribution in [2.75, 3.05) is 10.6 Å². The molecule has 3 rings (SSSR count). The number of nitrogens with one attached hydrogen (secondary N) is 2. The second kappa shape index (κ2) is 8.18. The third-order valence-electron chi connectivity index (χ3n) is 4.36. The number of benzene rings is 1. The van der Waals surface area contributed by atoms with Crippen molar-refractivity contribution in [2.24, 2.45) is 0 Å². The van der Waals surface area contributed by atoms with Gasteiger partial charge < -0.3 is 15.4 Å². The largest absolute Gasteiger partial charge is 0.459 e. The van der Waals surface area contributed by atoms with Crippen molar-refractivity contribution in [3.05, 3.63) is 46.3 Å². The van der Waals surface area contributed by atoms with Crippen molar-refractivity contribution in [3.8, 4) is 0 Å². The Bertz CT molecular complexity index is 800. The molecule has 0 amide bonds. The Kier molecular flexibility index (Phi) is 5.94. The molecule has 0 saturated carbocycles. The number of esters is 1. The Morgan fingerprint density at radius 3 is 2.69 bits per heavy atom. The maximum Gasteiger partial charge on any atom is 0.341 e. The number of thiocarbonyl (C=S) groups is 1. The van der Waals surface area contributed by atoms with E-state index in [-0.39, 0.29) is 12.1 Å². The lowest BCUT2D eigenvalue weighted by Gasteiger charge is -2.20. The van der Waals surface area contributed by atoms with Crippen LogP contribution in [0.2, 0.25) is 0 Å². The first-order valence-electron chi connectivity index (χ1n) is 8.95. The third kappa shape index (κ3) is 4.24. The van der Waals surface area contributed by atoms with Gasteiger partial charge in [-0.05, 0) is 68.9 Å². The number of rotatable bonds is 4. The van der Waals surface area contributed by atoms with E-state index >= 15 is 0 Å². The minimum atomic E-state index is -0.267. The van der Waals surface area contributed by atoms with E-state index in [2.05, 4.69) is 17.6 Å². The summed E-state index contributed by atoms with van der Waals surface area (Å²) >= 11 is 7.08. The van der Waals surface area contributed by atoms with Crippen molar-refractivity contribution >= 4 is 45.3 Å². The number of hydrogen-bond donors (Lipinski definition) is 2. The summed E-state index contributed by atoms with van der Waals surface area (Å²) < 4.78 is 5.51. The first-order valence-corrected chi connectivity index (χ1v) is 10.2. The number of thiophene rings is 1. The lowest BCUT2D eigenvalue weighted by atomic mass is 9.86. The van der Waals surface area contributed by atoms with E-state index in [1.165, 1.54) is 4.88 Å². The highest BCUT2D eigenvalue weighted by molar-refractivity contribution is 7.80. The first-order chi connectivity index (χ1) is 12.5. The molecule has 26 heavy (non-hydrogen) atoms. The van der Waals surface area contributed by atoms with Gasteiger partial charge in [-0.15, -0.1) is 11.3 Å². The molecule has 0 aliphatic heterocycles. The van der Waals surface area contributed by atoms with Crippen LogP contribution in [-0.2, 0) is 11.2 Å². The van der Waals surface area contributed by atoms with Crippen molar-refractivity contribution in [3.63, 3.8) is 0 Å². The highest BCUT2D eigenvalue weighted by Gasteiger charge is 2.30. The van der Waals surface area contributed by atoms with E-state index < -0.39 is 0 Å². The molecular formula is C20H24N2O2S2. The summed E-state index contributed by atoms with van der Waals surface area (Å²) in [7, 11) is 0. The fourth-order valence-corrected chi connectivity index (χ4v) is 4.90. The van der Waals surface area contributed by atoms with Crippen LogP contribution in [0.5, 0.6) is 0 Å². The van der Waals surface area contributed by atoms with Crippen LogP contribution in [0.4, 0.5) is 10.7 Å². The van der Waals surface area contributed by atoms with E-state index in [0.717, 1.165) is 35.5 Å². The Balaban J connectivity index is 1.88. The summed E-state index contributed by atoms with van der Waals surface area (Å²) in [6, 6.07) is 9.74. The summed E-state index contributed by atoms with van der Waals surface area (Å²) in [5, 5.41) is 7.65. The highest BCUT2D eigenvalue weighted by atomic mass is 32.1. The van der Waals surface area contributed by atoms with Gasteiger partial charge in [-0.25, -0.2) is 4.79 Å². The minimum absolute atomic E-state index is 0.154. The Labute approximate surface area is 164 Å². The molecule has 0 fully saturated rings. The van der Waals surface area contributed by atoms with Crippen LogP contribution in [0, 0.1) is 0 Å². The molecule has 1 heterocycles. The Morgan fingerprint density at radius 1 is 1.27 bits per heavy atom. The topological polar surface area (TPSA) is 50.4 Å². The van der Waals surface area contributed by atoms with E-state index in [1.54, 1.807) is 11.3 Å². The van der Waals surface area contributed by atoms with Crippen LogP contribution in [0.1, 0.15) is 60.3 Å². The number of hydrogen-bond acceptors (Lipinski definition) is 4. The summed E-state index contributed by atoms with van der Waals surface area (Å²) in [6.07, 6.45) is 3.10. The van der Waals surface area contributed by atoms with E-state index in [4.69, 9.17) is 17.0 Å². The standard InChI is InChI=1S/C20H24N2O2S2/c1-12(2)24-19(23)17-16-13(3)8-7-11-15(16)26-18(17)22-20(25)21-14-9-5-4-6-10-14/h4-6,9-10,12-13H,7-8,11H2,1-3H3,(H2,21,22,25). The molecule has 1 aromatic carbocycles. The molecule has 1 atom stereocenters. The van der Waals surface area contributed by atoms with Gasteiger partial charge in [-0.1, -0.05) is 25.1 Å². The minimum Gasteiger partial charge on any atom is -0.459 e. The van der Waals surface area contributed by atoms with E-state index in [0.29, 0.717) is 16.6 Å². The molecule has 6 heteroatoms. The van der Waals surface area contributed by atoms with Gasteiger partial charge in [0.05, 0.1) is 11.7 Å². The fourth-order valence-electron chi connectivity index (χ4n) is 3.26. The average molecular weight is 389 g/mol. The summed E-state index contributed by atoms with van der Waals surface area (Å²) in [5.74, 6) is 0.0900. The molecule has 0 radical (unpaired) electrons. The molecule has 2 N–H and O–H groups in total. The lowest BCUT2D eigenvalue weighted by molar-refractivity contribution is 0.0377. The van der Waals surface area contributed by atoms with Crippen LogP contribution in [0.3, 0.4) is 0 Å². The maximum atomic E-state index is 12.8. The monoisotopic (exact) mass is 388 g/mol. The van der Waals surface area contributed by atoms with Gasteiger partial charge in [-0.2, -0.15) is 0 Å². The fraction of sp³-hybridized carbons (Fsp3) is 0.400. The summed E-state index contributed by atoms with van der Waals surface area (Å²) in [5.41, 5.74) is 2.70. The zero-order valence-corrected chi connectivity index (χ0v) is 16.9. The Morgan fingerprint density at radius 2 is 2.00 bits per heavy atom. The second-order valence-electron chi connectivity index (χ2n) is 6.84. The van der Waals surface area contributed by atoms with Crippen molar-refractivity contribution < 1.29 is 9.53 Å². The molecule has 0 spiro atoms. The quantitative estimate of drug-likeness (QED) is 0.530. The average Bonchev–Trinajstić information content (AvgIpc) is 2.94. The molecule has 1 unspecified atom stereocenters. The summed E-state index contributed by atoms with van der Waals surface area (Å²) in [4.78, 5) is 14.0. The molecule has 138 valence electrons. The van der Waals surface area contributed by atoms with Gasteiger partial charge in [0.25, 0.3) is 0 Å². The second-order valence-corrected chi connectivity index (χ2v) is 8.35. The molecule has 4 nitrogen and oxygen atoms in total. The normalized spacial score (nSPS) is 16.1. The van der Waals surface area contributed by atoms with Crippen molar-refractivity contribution in [1.82, 2.24) is 0 Å². The van der Waals surface area contributed by atoms with Crippen molar-refractivity contribution in [2.45, 2.75) is 52.1 Å². The van der Waals surface area contributed by atoms with Crippen LogP contribution in [-0.4, -0.2) is 17.2 Å².